The lowest BCUT2D eigenvalue weighted by Crippen LogP contribution is -2.36. The summed E-state index contributed by atoms with van der Waals surface area (Å²) in [5, 5.41) is 7.03. The number of aromatic nitrogens is 1. The molecule has 2 atom stereocenters. The molecule has 1 aliphatic rings. The monoisotopic (exact) mass is 207 g/mol. The molecule has 1 fully saturated rings. The standard InChI is InChI=1S/C12H21N3/c1-10(12-5-3-7-14-12)15-9-11-4-2-6-13-8-11/h3,5,7,10-11,13-15H,2,4,6,8-9H2,1H3. The number of H-pyrrole nitrogens is 1. The molecule has 1 aromatic heterocycles. The fourth-order valence-corrected chi connectivity index (χ4v) is 2.17. The van der Waals surface area contributed by atoms with Crippen molar-refractivity contribution in [3.05, 3.63) is 24.0 Å². The molecule has 1 aromatic rings. The Hall–Kier alpha value is -0.800. The zero-order valence-corrected chi connectivity index (χ0v) is 9.42. The van der Waals surface area contributed by atoms with Gasteiger partial charge in [0.15, 0.2) is 0 Å². The predicted molar refractivity (Wildman–Crippen MR) is 62.8 cm³/mol. The van der Waals surface area contributed by atoms with Gasteiger partial charge in [-0.2, -0.15) is 0 Å². The van der Waals surface area contributed by atoms with Crippen LogP contribution in [0.3, 0.4) is 0 Å². The highest BCUT2D eigenvalue weighted by Crippen LogP contribution is 2.12. The Bertz CT molecular complexity index is 262. The minimum Gasteiger partial charge on any atom is -0.364 e. The summed E-state index contributed by atoms with van der Waals surface area (Å²) in [5.74, 6) is 0.802. The van der Waals surface area contributed by atoms with E-state index in [0.29, 0.717) is 6.04 Å². The summed E-state index contributed by atoms with van der Waals surface area (Å²) in [4.78, 5) is 3.25. The molecule has 84 valence electrons. The molecule has 0 amide bonds. The van der Waals surface area contributed by atoms with Gasteiger partial charge in [-0.3, -0.25) is 0 Å². The molecule has 1 saturated heterocycles. The molecule has 2 unspecified atom stereocenters. The number of rotatable bonds is 4. The lowest BCUT2D eigenvalue weighted by molar-refractivity contribution is 0.347. The maximum Gasteiger partial charge on any atom is 0.0444 e. The minimum atomic E-state index is 0.432. The average Bonchev–Trinajstić information content (AvgIpc) is 2.81. The van der Waals surface area contributed by atoms with E-state index in [-0.39, 0.29) is 0 Å². The van der Waals surface area contributed by atoms with Crippen LogP contribution in [-0.4, -0.2) is 24.6 Å². The first-order valence-electron chi connectivity index (χ1n) is 5.93. The third-order valence-electron chi connectivity index (χ3n) is 3.20. The Morgan fingerprint density at radius 2 is 2.53 bits per heavy atom. The molecule has 0 bridgehead atoms. The summed E-state index contributed by atoms with van der Waals surface area (Å²) < 4.78 is 0. The predicted octanol–water partition coefficient (Wildman–Crippen LogP) is 1.66. The van der Waals surface area contributed by atoms with Crippen LogP contribution in [0, 0.1) is 5.92 Å². The number of piperidine rings is 1. The van der Waals surface area contributed by atoms with Crippen molar-refractivity contribution in [3.8, 4) is 0 Å². The van der Waals surface area contributed by atoms with Crippen LogP contribution in [0.15, 0.2) is 18.3 Å². The van der Waals surface area contributed by atoms with Gasteiger partial charge in [0.2, 0.25) is 0 Å². The molecule has 2 rings (SSSR count). The Labute approximate surface area is 91.7 Å². The van der Waals surface area contributed by atoms with Crippen LogP contribution in [0.5, 0.6) is 0 Å². The largest absolute Gasteiger partial charge is 0.364 e. The van der Waals surface area contributed by atoms with Crippen LogP contribution in [0.25, 0.3) is 0 Å². The lowest BCUT2D eigenvalue weighted by Gasteiger charge is -2.24. The van der Waals surface area contributed by atoms with E-state index in [9.17, 15) is 0 Å². The maximum absolute atomic E-state index is 3.58. The van der Waals surface area contributed by atoms with E-state index >= 15 is 0 Å². The second kappa shape index (κ2) is 5.33. The summed E-state index contributed by atoms with van der Waals surface area (Å²) >= 11 is 0. The third-order valence-corrected chi connectivity index (χ3v) is 3.20. The number of hydrogen-bond acceptors (Lipinski definition) is 2. The normalized spacial score (nSPS) is 23.9. The van der Waals surface area contributed by atoms with Gasteiger partial charge >= 0.3 is 0 Å². The summed E-state index contributed by atoms with van der Waals surface area (Å²) in [6.45, 7) is 5.70. The van der Waals surface area contributed by atoms with Crippen LogP contribution >= 0.6 is 0 Å². The first-order valence-corrected chi connectivity index (χ1v) is 5.93. The summed E-state index contributed by atoms with van der Waals surface area (Å²) in [5.41, 5.74) is 1.28. The molecule has 3 N–H and O–H groups in total. The van der Waals surface area contributed by atoms with Gasteiger partial charge in [-0.05, 0) is 57.5 Å². The second-order valence-electron chi connectivity index (χ2n) is 4.47. The lowest BCUT2D eigenvalue weighted by atomic mass is 9.99. The van der Waals surface area contributed by atoms with Gasteiger partial charge in [0.05, 0.1) is 0 Å². The van der Waals surface area contributed by atoms with Crippen molar-refractivity contribution in [1.29, 1.82) is 0 Å². The molecule has 0 radical (unpaired) electrons. The van der Waals surface area contributed by atoms with Crippen LogP contribution in [-0.2, 0) is 0 Å². The molecule has 1 aliphatic heterocycles. The van der Waals surface area contributed by atoms with Gasteiger partial charge in [0.25, 0.3) is 0 Å². The third kappa shape index (κ3) is 3.08. The molecule has 2 heterocycles. The highest BCUT2D eigenvalue weighted by molar-refractivity contribution is 5.07. The fourth-order valence-electron chi connectivity index (χ4n) is 2.17. The van der Waals surface area contributed by atoms with Gasteiger partial charge in [-0.25, -0.2) is 0 Å². The van der Waals surface area contributed by atoms with Crippen LogP contribution < -0.4 is 10.6 Å². The molecule has 0 saturated carbocycles. The van der Waals surface area contributed by atoms with Crippen molar-refractivity contribution in [2.45, 2.75) is 25.8 Å². The molecular weight excluding hydrogens is 186 g/mol. The summed E-state index contributed by atoms with van der Waals surface area (Å²) in [7, 11) is 0. The van der Waals surface area contributed by atoms with Gasteiger partial charge in [-0.15, -0.1) is 0 Å². The van der Waals surface area contributed by atoms with Gasteiger partial charge in [0.1, 0.15) is 0 Å². The maximum atomic E-state index is 3.58. The van der Waals surface area contributed by atoms with Crippen LogP contribution in [0.2, 0.25) is 0 Å². The SMILES string of the molecule is CC(NCC1CCCNC1)c1ccc[nH]1. The Morgan fingerprint density at radius 1 is 1.60 bits per heavy atom. The first-order chi connectivity index (χ1) is 7.36. The van der Waals surface area contributed by atoms with Gasteiger partial charge in [0, 0.05) is 17.9 Å². The zero-order chi connectivity index (χ0) is 10.5. The van der Waals surface area contributed by atoms with E-state index in [1.54, 1.807) is 0 Å². The van der Waals surface area contributed by atoms with Gasteiger partial charge in [-0.1, -0.05) is 0 Å². The van der Waals surface area contributed by atoms with Crippen molar-refractivity contribution in [2.24, 2.45) is 5.92 Å². The Balaban J connectivity index is 1.73. The Kier molecular flexibility index (Phi) is 3.80. The van der Waals surface area contributed by atoms with E-state index in [2.05, 4.69) is 34.7 Å². The molecule has 0 aliphatic carbocycles. The van der Waals surface area contributed by atoms with Crippen molar-refractivity contribution in [2.75, 3.05) is 19.6 Å². The molecule has 0 spiro atoms. The van der Waals surface area contributed by atoms with E-state index in [4.69, 9.17) is 0 Å². The smallest absolute Gasteiger partial charge is 0.0444 e. The number of nitrogens with one attached hydrogen (secondary N) is 3. The van der Waals surface area contributed by atoms with E-state index in [1.165, 1.54) is 31.6 Å². The molecule has 0 aromatic carbocycles. The quantitative estimate of drug-likeness (QED) is 0.703. The van der Waals surface area contributed by atoms with Crippen molar-refractivity contribution >= 4 is 0 Å². The Morgan fingerprint density at radius 3 is 3.20 bits per heavy atom. The van der Waals surface area contributed by atoms with Gasteiger partial charge < -0.3 is 15.6 Å². The summed E-state index contributed by atoms with van der Waals surface area (Å²) in [6, 6.07) is 4.62. The second-order valence-corrected chi connectivity index (χ2v) is 4.47. The molecule has 3 nitrogen and oxygen atoms in total. The average molecular weight is 207 g/mol. The van der Waals surface area contributed by atoms with E-state index < -0.39 is 0 Å². The molecule has 3 heteroatoms. The van der Waals surface area contributed by atoms with Crippen LogP contribution in [0.1, 0.15) is 31.5 Å². The number of aromatic amines is 1. The van der Waals surface area contributed by atoms with Crippen molar-refractivity contribution < 1.29 is 0 Å². The van der Waals surface area contributed by atoms with Crippen LogP contribution in [0.4, 0.5) is 0 Å². The minimum absolute atomic E-state index is 0.432. The molecule has 15 heavy (non-hydrogen) atoms. The van der Waals surface area contributed by atoms with E-state index in [0.717, 1.165) is 12.5 Å². The number of hydrogen-bond donors (Lipinski definition) is 3. The highest BCUT2D eigenvalue weighted by Gasteiger charge is 2.14. The van der Waals surface area contributed by atoms with Crippen molar-refractivity contribution in [1.82, 2.24) is 15.6 Å². The molecular formula is C12H21N3. The zero-order valence-electron chi connectivity index (χ0n) is 9.42. The van der Waals surface area contributed by atoms with E-state index in [1.807, 2.05) is 6.20 Å². The van der Waals surface area contributed by atoms with Crippen molar-refractivity contribution in [3.63, 3.8) is 0 Å². The topological polar surface area (TPSA) is 39.8 Å². The highest BCUT2D eigenvalue weighted by atomic mass is 15.0. The fraction of sp³-hybridized carbons (Fsp3) is 0.667. The summed E-state index contributed by atoms with van der Waals surface area (Å²) in [6.07, 6.45) is 4.66. The first kappa shape index (κ1) is 10.7.